The van der Waals surface area contributed by atoms with Gasteiger partial charge in [-0.05, 0) is 80.5 Å². The largest absolute Gasteiger partial charge is 0.496 e. The average molecular weight is 436 g/mol. The molecule has 26 heavy (non-hydrogen) atoms. The number of nitrogens with zero attached hydrogens (tertiary/aromatic N) is 1. The molecule has 6 heteroatoms. The molecule has 0 saturated heterocycles. The zero-order valence-electron chi connectivity index (χ0n) is 15.5. The zero-order chi connectivity index (χ0) is 18.9. The smallest absolute Gasteiger partial charge is 0.170 e. The van der Waals surface area contributed by atoms with E-state index in [4.69, 9.17) is 17.0 Å². The standard InChI is InChI=1S/C20H26BrN3OS/c1-4-24(5-2)18-9-7-17(8-10-18)23-20(26)22-13-12-15-14-16(21)6-11-19(15)25-3/h6-11,14H,4-5,12-13H2,1-3H3,(H2,22,23,26). The van der Waals surface area contributed by atoms with E-state index in [1.807, 2.05) is 12.1 Å². The van der Waals surface area contributed by atoms with Crippen molar-refractivity contribution in [2.75, 3.05) is 37.0 Å². The lowest BCUT2D eigenvalue weighted by molar-refractivity contribution is 0.409. The molecule has 0 radical (unpaired) electrons. The molecule has 0 heterocycles. The lowest BCUT2D eigenvalue weighted by Gasteiger charge is -2.21. The molecule has 0 atom stereocenters. The van der Waals surface area contributed by atoms with Crippen LogP contribution >= 0.6 is 28.1 Å². The summed E-state index contributed by atoms with van der Waals surface area (Å²) in [6.45, 7) is 7.06. The van der Waals surface area contributed by atoms with E-state index in [-0.39, 0.29) is 0 Å². The fourth-order valence-corrected chi connectivity index (χ4v) is 3.40. The maximum Gasteiger partial charge on any atom is 0.170 e. The molecule has 4 nitrogen and oxygen atoms in total. The molecule has 2 aromatic carbocycles. The van der Waals surface area contributed by atoms with Crippen LogP contribution in [0.1, 0.15) is 19.4 Å². The van der Waals surface area contributed by atoms with Crippen LogP contribution in [0, 0.1) is 0 Å². The van der Waals surface area contributed by atoms with Crippen molar-refractivity contribution in [1.82, 2.24) is 5.32 Å². The second-order valence-corrected chi connectivity index (χ2v) is 7.13. The molecular weight excluding hydrogens is 410 g/mol. The zero-order valence-corrected chi connectivity index (χ0v) is 17.9. The van der Waals surface area contributed by atoms with Gasteiger partial charge in [0.25, 0.3) is 0 Å². The minimum atomic E-state index is 0.620. The van der Waals surface area contributed by atoms with Gasteiger partial charge >= 0.3 is 0 Å². The molecule has 2 aromatic rings. The summed E-state index contributed by atoms with van der Waals surface area (Å²) in [6, 6.07) is 14.4. The van der Waals surface area contributed by atoms with Crippen molar-refractivity contribution in [3.05, 3.63) is 52.5 Å². The molecule has 0 bridgehead atoms. The van der Waals surface area contributed by atoms with Gasteiger partial charge in [0.2, 0.25) is 0 Å². The number of halogens is 1. The normalized spacial score (nSPS) is 10.3. The summed E-state index contributed by atoms with van der Waals surface area (Å²) in [4.78, 5) is 2.31. The minimum Gasteiger partial charge on any atom is -0.496 e. The number of hydrogen-bond donors (Lipinski definition) is 2. The maximum atomic E-state index is 5.40. The van der Waals surface area contributed by atoms with E-state index in [0.717, 1.165) is 47.5 Å². The van der Waals surface area contributed by atoms with Crippen molar-refractivity contribution >= 4 is 44.6 Å². The monoisotopic (exact) mass is 435 g/mol. The van der Waals surface area contributed by atoms with Gasteiger partial charge in [0.1, 0.15) is 5.75 Å². The van der Waals surface area contributed by atoms with E-state index in [1.165, 1.54) is 5.69 Å². The molecule has 0 aliphatic heterocycles. The topological polar surface area (TPSA) is 36.5 Å². The van der Waals surface area contributed by atoms with Crippen molar-refractivity contribution < 1.29 is 4.74 Å². The summed E-state index contributed by atoms with van der Waals surface area (Å²) in [6.07, 6.45) is 0.825. The Morgan fingerprint density at radius 2 is 1.81 bits per heavy atom. The third-order valence-corrected chi connectivity index (χ3v) is 4.92. The molecule has 0 spiro atoms. The van der Waals surface area contributed by atoms with Gasteiger partial charge in [-0.15, -0.1) is 0 Å². The predicted octanol–water partition coefficient (Wildman–Crippen LogP) is 4.83. The lowest BCUT2D eigenvalue weighted by Crippen LogP contribution is -2.30. The molecule has 0 aromatic heterocycles. The van der Waals surface area contributed by atoms with Crippen LogP contribution in [0.2, 0.25) is 0 Å². The molecule has 0 aliphatic carbocycles. The number of methoxy groups -OCH3 is 1. The van der Waals surface area contributed by atoms with E-state index < -0.39 is 0 Å². The Hall–Kier alpha value is -1.79. The Bertz CT molecular complexity index is 717. The number of rotatable bonds is 8. The summed E-state index contributed by atoms with van der Waals surface area (Å²) in [5.41, 5.74) is 3.35. The first-order valence-electron chi connectivity index (χ1n) is 8.79. The van der Waals surface area contributed by atoms with E-state index >= 15 is 0 Å². The molecular formula is C20H26BrN3OS. The number of thiocarbonyl (C=S) groups is 1. The van der Waals surface area contributed by atoms with Crippen LogP contribution in [0.3, 0.4) is 0 Å². The number of hydrogen-bond acceptors (Lipinski definition) is 3. The summed E-state index contributed by atoms with van der Waals surface area (Å²) < 4.78 is 6.45. The Morgan fingerprint density at radius 3 is 2.42 bits per heavy atom. The third-order valence-electron chi connectivity index (χ3n) is 4.18. The highest BCUT2D eigenvalue weighted by atomic mass is 79.9. The van der Waals surface area contributed by atoms with Crippen molar-refractivity contribution in [3.8, 4) is 5.75 Å². The molecule has 0 aliphatic rings. The van der Waals surface area contributed by atoms with Crippen LogP contribution in [0.25, 0.3) is 0 Å². The van der Waals surface area contributed by atoms with Gasteiger partial charge in [0.15, 0.2) is 5.11 Å². The first-order valence-corrected chi connectivity index (χ1v) is 9.99. The van der Waals surface area contributed by atoms with Crippen molar-refractivity contribution in [2.24, 2.45) is 0 Å². The number of anilines is 2. The summed E-state index contributed by atoms with van der Waals surface area (Å²) in [7, 11) is 1.69. The number of nitrogens with one attached hydrogen (secondary N) is 2. The highest BCUT2D eigenvalue weighted by Crippen LogP contribution is 2.23. The van der Waals surface area contributed by atoms with Gasteiger partial charge in [0.05, 0.1) is 7.11 Å². The van der Waals surface area contributed by atoms with E-state index in [9.17, 15) is 0 Å². The number of benzene rings is 2. The van der Waals surface area contributed by atoms with Crippen LogP contribution in [0.4, 0.5) is 11.4 Å². The predicted molar refractivity (Wildman–Crippen MR) is 119 cm³/mol. The highest BCUT2D eigenvalue weighted by Gasteiger charge is 2.05. The minimum absolute atomic E-state index is 0.620. The Balaban J connectivity index is 1.85. The first-order chi connectivity index (χ1) is 12.6. The second-order valence-electron chi connectivity index (χ2n) is 5.81. The second kappa shape index (κ2) is 10.4. The molecule has 2 rings (SSSR count). The van der Waals surface area contributed by atoms with Crippen LogP contribution in [0.15, 0.2) is 46.9 Å². The van der Waals surface area contributed by atoms with Crippen molar-refractivity contribution in [1.29, 1.82) is 0 Å². The van der Waals surface area contributed by atoms with Crippen LogP contribution in [-0.2, 0) is 6.42 Å². The van der Waals surface area contributed by atoms with Gasteiger partial charge in [0, 0.05) is 35.5 Å². The molecule has 140 valence electrons. The summed E-state index contributed by atoms with van der Waals surface area (Å²) in [5.74, 6) is 0.890. The quantitative estimate of drug-likeness (QED) is 0.580. The van der Waals surface area contributed by atoms with Gasteiger partial charge in [-0.3, -0.25) is 0 Å². The van der Waals surface area contributed by atoms with Gasteiger partial charge in [-0.2, -0.15) is 0 Å². The van der Waals surface area contributed by atoms with Crippen LogP contribution < -0.4 is 20.3 Å². The SMILES string of the molecule is CCN(CC)c1ccc(NC(=S)NCCc2cc(Br)ccc2OC)cc1. The van der Waals surface area contributed by atoms with Crippen LogP contribution in [0.5, 0.6) is 5.75 Å². The fourth-order valence-electron chi connectivity index (χ4n) is 2.77. The fraction of sp³-hybridized carbons (Fsp3) is 0.350. The lowest BCUT2D eigenvalue weighted by atomic mass is 10.1. The van der Waals surface area contributed by atoms with Crippen LogP contribution in [-0.4, -0.2) is 31.9 Å². The van der Waals surface area contributed by atoms with Crippen molar-refractivity contribution in [3.63, 3.8) is 0 Å². The van der Waals surface area contributed by atoms with Crippen molar-refractivity contribution in [2.45, 2.75) is 20.3 Å². The Labute approximate surface area is 170 Å². The van der Waals surface area contributed by atoms with E-state index in [1.54, 1.807) is 7.11 Å². The molecule has 0 fully saturated rings. The summed E-state index contributed by atoms with van der Waals surface area (Å²) in [5, 5.41) is 7.10. The van der Waals surface area contributed by atoms with Gasteiger partial charge in [-0.1, -0.05) is 15.9 Å². The average Bonchev–Trinajstić information content (AvgIpc) is 2.64. The maximum absolute atomic E-state index is 5.40. The number of ether oxygens (including phenoxy) is 1. The Morgan fingerprint density at radius 1 is 1.12 bits per heavy atom. The summed E-state index contributed by atoms with van der Waals surface area (Å²) >= 11 is 8.89. The van der Waals surface area contributed by atoms with Gasteiger partial charge < -0.3 is 20.3 Å². The molecule has 0 unspecified atom stereocenters. The Kier molecular flexibility index (Phi) is 8.19. The molecule has 0 amide bonds. The van der Waals surface area contributed by atoms with E-state index in [2.05, 4.69) is 75.6 Å². The highest BCUT2D eigenvalue weighted by molar-refractivity contribution is 9.10. The van der Waals surface area contributed by atoms with Gasteiger partial charge in [-0.25, -0.2) is 0 Å². The van der Waals surface area contributed by atoms with E-state index in [0.29, 0.717) is 5.11 Å². The molecule has 0 saturated carbocycles. The third kappa shape index (κ3) is 5.88. The molecule has 2 N–H and O–H groups in total. The first kappa shape index (κ1) is 20.5.